The maximum Gasteiger partial charge on any atom is 0.416 e. The number of benzene rings is 2. The van der Waals surface area contributed by atoms with Gasteiger partial charge in [0.1, 0.15) is 0 Å². The monoisotopic (exact) mass is 363 g/mol. The third-order valence-electron chi connectivity index (χ3n) is 4.86. The highest BCUT2D eigenvalue weighted by Gasteiger charge is 2.44. The van der Waals surface area contributed by atoms with Crippen LogP contribution < -0.4 is 5.32 Å². The summed E-state index contributed by atoms with van der Waals surface area (Å²) in [6.45, 7) is 1.69. The predicted octanol–water partition coefficient (Wildman–Crippen LogP) is 3.97. The Bertz CT molecular complexity index is 786. The predicted molar refractivity (Wildman–Crippen MR) is 91.4 cm³/mol. The molecule has 0 heterocycles. The van der Waals surface area contributed by atoms with Crippen molar-refractivity contribution < 1.29 is 23.1 Å². The lowest BCUT2D eigenvalue weighted by molar-refractivity contribution is -0.137. The number of alkyl halides is 3. The topological polar surface area (TPSA) is 49.3 Å². The number of amides is 1. The summed E-state index contributed by atoms with van der Waals surface area (Å²) in [7, 11) is 0. The summed E-state index contributed by atoms with van der Waals surface area (Å²) in [6.07, 6.45) is -3.76. The molecule has 2 N–H and O–H groups in total. The Kier molecular flexibility index (Phi) is 5.05. The molecule has 0 saturated heterocycles. The van der Waals surface area contributed by atoms with Crippen molar-refractivity contribution in [2.24, 2.45) is 5.92 Å². The first-order chi connectivity index (χ1) is 12.3. The molecule has 2 aromatic carbocycles. The standard InChI is InChI=1S/C20H20F3NO2/c1-12-4-2-3-5-15(12)18(11-25)24-19(26)17-10-16(17)13-6-8-14(9-7-13)20(21,22)23/h2-9,16-18,25H,10-11H2,1H3,(H,24,26). The van der Waals surface area contributed by atoms with E-state index in [0.717, 1.165) is 28.8 Å². The number of aryl methyl sites for hydroxylation is 1. The van der Waals surface area contributed by atoms with Gasteiger partial charge in [0.25, 0.3) is 0 Å². The van der Waals surface area contributed by atoms with Gasteiger partial charge in [-0.3, -0.25) is 4.79 Å². The average molecular weight is 363 g/mol. The van der Waals surface area contributed by atoms with Crippen molar-refractivity contribution in [3.63, 3.8) is 0 Å². The molecule has 138 valence electrons. The Hall–Kier alpha value is -2.34. The SMILES string of the molecule is Cc1ccccc1C(CO)NC(=O)C1CC1c1ccc(C(F)(F)F)cc1. The van der Waals surface area contributed by atoms with Gasteiger partial charge in [0.2, 0.25) is 5.91 Å². The first-order valence-electron chi connectivity index (χ1n) is 8.45. The number of aliphatic hydroxyl groups excluding tert-OH is 1. The van der Waals surface area contributed by atoms with Crippen LogP contribution in [-0.2, 0) is 11.0 Å². The molecule has 3 unspecified atom stereocenters. The van der Waals surface area contributed by atoms with Crippen LogP contribution >= 0.6 is 0 Å². The Morgan fingerprint density at radius 3 is 2.42 bits per heavy atom. The van der Waals surface area contributed by atoms with Crippen molar-refractivity contribution in [2.75, 3.05) is 6.61 Å². The Morgan fingerprint density at radius 2 is 1.85 bits per heavy atom. The first-order valence-corrected chi connectivity index (χ1v) is 8.45. The molecule has 2 aromatic rings. The van der Waals surface area contributed by atoms with Crippen molar-refractivity contribution in [3.05, 3.63) is 70.8 Å². The minimum absolute atomic E-state index is 0.0755. The lowest BCUT2D eigenvalue weighted by Gasteiger charge is -2.19. The van der Waals surface area contributed by atoms with Gasteiger partial charge < -0.3 is 10.4 Å². The lowest BCUT2D eigenvalue weighted by atomic mass is 10.0. The molecule has 0 aliphatic heterocycles. The molecule has 1 amide bonds. The number of hydrogen-bond donors (Lipinski definition) is 2. The van der Waals surface area contributed by atoms with E-state index in [0.29, 0.717) is 6.42 Å². The number of aliphatic hydroxyl groups is 1. The number of carbonyl (C=O) groups excluding carboxylic acids is 1. The Labute approximate surface area is 149 Å². The number of nitrogens with one attached hydrogen (secondary N) is 1. The van der Waals surface area contributed by atoms with Crippen molar-refractivity contribution >= 4 is 5.91 Å². The Morgan fingerprint density at radius 1 is 1.19 bits per heavy atom. The molecule has 3 rings (SSSR count). The second-order valence-electron chi connectivity index (χ2n) is 6.67. The van der Waals surface area contributed by atoms with Crippen molar-refractivity contribution in [3.8, 4) is 0 Å². The Balaban J connectivity index is 1.64. The highest BCUT2D eigenvalue weighted by atomic mass is 19.4. The van der Waals surface area contributed by atoms with Crippen molar-refractivity contribution in [1.29, 1.82) is 0 Å². The van der Waals surface area contributed by atoms with E-state index in [1.807, 2.05) is 31.2 Å². The third-order valence-corrected chi connectivity index (χ3v) is 4.86. The van der Waals surface area contributed by atoms with Crippen LogP contribution in [0.2, 0.25) is 0 Å². The van der Waals surface area contributed by atoms with Crippen molar-refractivity contribution in [1.82, 2.24) is 5.32 Å². The molecule has 26 heavy (non-hydrogen) atoms. The van der Waals surface area contributed by atoms with Crippen molar-refractivity contribution in [2.45, 2.75) is 31.5 Å². The van der Waals surface area contributed by atoms with Crippen LogP contribution in [0, 0.1) is 12.8 Å². The quantitative estimate of drug-likeness (QED) is 0.845. The first kappa shape index (κ1) is 18.5. The fourth-order valence-corrected chi connectivity index (χ4v) is 3.25. The highest BCUT2D eigenvalue weighted by molar-refractivity contribution is 5.83. The van der Waals surface area contributed by atoms with Gasteiger partial charge in [-0.05, 0) is 48.1 Å². The van der Waals surface area contributed by atoms with Crippen LogP contribution in [0.3, 0.4) is 0 Å². The number of hydrogen-bond acceptors (Lipinski definition) is 2. The number of halogens is 3. The molecular formula is C20H20F3NO2. The maximum atomic E-state index is 12.6. The minimum atomic E-state index is -4.36. The minimum Gasteiger partial charge on any atom is -0.394 e. The molecule has 0 spiro atoms. The fraction of sp³-hybridized carbons (Fsp3) is 0.350. The van der Waals surface area contributed by atoms with Gasteiger partial charge in [0.15, 0.2) is 0 Å². The molecule has 0 radical (unpaired) electrons. The largest absolute Gasteiger partial charge is 0.416 e. The number of carbonyl (C=O) groups is 1. The third kappa shape index (κ3) is 3.90. The smallest absolute Gasteiger partial charge is 0.394 e. The molecule has 1 fully saturated rings. The molecule has 3 nitrogen and oxygen atoms in total. The summed E-state index contributed by atoms with van der Waals surface area (Å²) in [6, 6.07) is 12.0. The van der Waals surface area contributed by atoms with E-state index in [-0.39, 0.29) is 24.3 Å². The average Bonchev–Trinajstić information content (AvgIpc) is 3.40. The van der Waals surface area contributed by atoms with E-state index in [4.69, 9.17) is 0 Å². The maximum absolute atomic E-state index is 12.6. The van der Waals surface area contributed by atoms with Gasteiger partial charge in [0.05, 0.1) is 18.2 Å². The van der Waals surface area contributed by atoms with Gasteiger partial charge >= 0.3 is 6.18 Å². The normalized spacial score (nSPS) is 20.5. The van der Waals surface area contributed by atoms with Gasteiger partial charge in [-0.1, -0.05) is 36.4 Å². The van der Waals surface area contributed by atoms with E-state index in [2.05, 4.69) is 5.32 Å². The molecule has 0 bridgehead atoms. The molecule has 0 aromatic heterocycles. The molecule has 1 aliphatic carbocycles. The van der Waals surface area contributed by atoms with Crippen LogP contribution in [0.25, 0.3) is 0 Å². The van der Waals surface area contributed by atoms with Gasteiger partial charge in [0, 0.05) is 5.92 Å². The van der Waals surface area contributed by atoms with E-state index < -0.39 is 17.8 Å². The van der Waals surface area contributed by atoms with Crippen LogP contribution in [0.15, 0.2) is 48.5 Å². The molecule has 1 saturated carbocycles. The van der Waals surface area contributed by atoms with Crippen LogP contribution in [0.5, 0.6) is 0 Å². The van der Waals surface area contributed by atoms with E-state index in [1.165, 1.54) is 12.1 Å². The zero-order valence-electron chi connectivity index (χ0n) is 14.3. The summed E-state index contributed by atoms with van der Waals surface area (Å²) < 4.78 is 37.9. The van der Waals surface area contributed by atoms with Crippen LogP contribution in [0.1, 0.15) is 40.6 Å². The zero-order chi connectivity index (χ0) is 18.9. The molecule has 6 heteroatoms. The molecule has 3 atom stereocenters. The second-order valence-corrected chi connectivity index (χ2v) is 6.67. The number of rotatable bonds is 5. The van der Waals surface area contributed by atoms with Crippen LogP contribution in [0.4, 0.5) is 13.2 Å². The molecular weight excluding hydrogens is 343 g/mol. The van der Waals surface area contributed by atoms with Gasteiger partial charge in [-0.15, -0.1) is 0 Å². The second kappa shape index (κ2) is 7.11. The fourth-order valence-electron chi connectivity index (χ4n) is 3.25. The summed E-state index contributed by atoms with van der Waals surface area (Å²) >= 11 is 0. The van der Waals surface area contributed by atoms with E-state index >= 15 is 0 Å². The van der Waals surface area contributed by atoms with E-state index in [9.17, 15) is 23.1 Å². The highest BCUT2D eigenvalue weighted by Crippen LogP contribution is 2.48. The summed E-state index contributed by atoms with van der Waals surface area (Å²) in [5.74, 6) is -0.532. The summed E-state index contributed by atoms with van der Waals surface area (Å²) in [4.78, 5) is 12.5. The van der Waals surface area contributed by atoms with E-state index in [1.54, 1.807) is 0 Å². The van der Waals surface area contributed by atoms with Crippen LogP contribution in [-0.4, -0.2) is 17.6 Å². The zero-order valence-corrected chi connectivity index (χ0v) is 14.3. The molecule has 1 aliphatic rings. The van der Waals surface area contributed by atoms with Gasteiger partial charge in [-0.25, -0.2) is 0 Å². The van der Waals surface area contributed by atoms with Gasteiger partial charge in [-0.2, -0.15) is 13.2 Å². The summed E-state index contributed by atoms with van der Waals surface area (Å²) in [5, 5.41) is 12.5. The summed E-state index contributed by atoms with van der Waals surface area (Å²) in [5.41, 5.74) is 1.87. The lowest BCUT2D eigenvalue weighted by Crippen LogP contribution is -2.32.